The summed E-state index contributed by atoms with van der Waals surface area (Å²) in [5.74, 6) is -1.40. The van der Waals surface area contributed by atoms with Crippen molar-refractivity contribution in [3.05, 3.63) is 144 Å². The fourth-order valence-corrected chi connectivity index (χ4v) is 3.30. The standard InChI is InChI=1S/C16H14O3.C11H12O3.C7H8O/c17-15(14-9-5-2-6-10-14)11-16(18)19-12-13-7-3-1-4-8-13;1-2-14-11(13)8-10(12)9-6-4-3-5-7-9;8-6-7-4-2-1-3-5-7/h1-10H,11-12H2;3-7H,2,8H2,1H3;1-5,8H,6H2. The van der Waals surface area contributed by atoms with Crippen LogP contribution in [0.2, 0.25) is 0 Å². The van der Waals surface area contributed by atoms with Crippen LogP contribution in [0.5, 0.6) is 0 Å². The van der Waals surface area contributed by atoms with E-state index in [1.165, 1.54) is 0 Å². The van der Waals surface area contributed by atoms with Crippen molar-refractivity contribution < 1.29 is 33.8 Å². The molecule has 4 aromatic carbocycles. The first kappa shape index (κ1) is 32.3. The van der Waals surface area contributed by atoms with Crippen LogP contribution in [0.1, 0.15) is 51.6 Å². The highest BCUT2D eigenvalue weighted by Crippen LogP contribution is 2.06. The lowest BCUT2D eigenvalue weighted by atomic mass is 10.1. The van der Waals surface area contributed by atoms with E-state index in [4.69, 9.17) is 9.84 Å². The number of hydrogen-bond acceptors (Lipinski definition) is 7. The van der Waals surface area contributed by atoms with Gasteiger partial charge < -0.3 is 14.6 Å². The molecule has 0 spiro atoms. The number of ketones is 2. The van der Waals surface area contributed by atoms with Gasteiger partial charge in [-0.3, -0.25) is 19.2 Å². The van der Waals surface area contributed by atoms with Gasteiger partial charge in [0.15, 0.2) is 11.6 Å². The third-order valence-electron chi connectivity index (χ3n) is 5.37. The quantitative estimate of drug-likeness (QED) is 0.145. The predicted octanol–water partition coefficient (Wildman–Crippen LogP) is 6.00. The van der Waals surface area contributed by atoms with Crippen LogP contribution in [-0.4, -0.2) is 35.2 Å². The van der Waals surface area contributed by atoms with Crippen molar-refractivity contribution in [2.45, 2.75) is 33.0 Å². The Balaban J connectivity index is 0.000000234. The minimum absolute atomic E-state index is 0.140. The van der Waals surface area contributed by atoms with Gasteiger partial charge in [-0.05, 0) is 18.1 Å². The van der Waals surface area contributed by atoms with Crippen LogP contribution in [0, 0.1) is 0 Å². The molecule has 0 atom stereocenters. The number of aliphatic hydroxyl groups excluding tert-OH is 1. The van der Waals surface area contributed by atoms with E-state index in [2.05, 4.69) is 4.74 Å². The molecule has 0 saturated carbocycles. The van der Waals surface area contributed by atoms with Gasteiger partial charge in [-0.2, -0.15) is 0 Å². The number of hydrogen-bond donors (Lipinski definition) is 1. The van der Waals surface area contributed by atoms with Crippen LogP contribution in [0.15, 0.2) is 121 Å². The van der Waals surface area contributed by atoms with E-state index in [-0.39, 0.29) is 37.6 Å². The van der Waals surface area contributed by atoms with Gasteiger partial charge >= 0.3 is 11.9 Å². The van der Waals surface area contributed by atoms with E-state index in [0.717, 1.165) is 11.1 Å². The molecule has 212 valence electrons. The molecule has 0 aliphatic carbocycles. The van der Waals surface area contributed by atoms with Gasteiger partial charge in [0, 0.05) is 11.1 Å². The van der Waals surface area contributed by atoms with Gasteiger partial charge in [0.25, 0.3) is 0 Å². The van der Waals surface area contributed by atoms with Crippen molar-refractivity contribution in [1.29, 1.82) is 0 Å². The van der Waals surface area contributed by atoms with E-state index < -0.39 is 11.9 Å². The van der Waals surface area contributed by atoms with Crippen LogP contribution < -0.4 is 0 Å². The SMILES string of the molecule is CCOC(=O)CC(=O)c1ccccc1.O=C(CC(=O)c1ccccc1)OCc1ccccc1.OCc1ccccc1. The minimum Gasteiger partial charge on any atom is -0.466 e. The zero-order valence-electron chi connectivity index (χ0n) is 23.0. The third-order valence-corrected chi connectivity index (χ3v) is 5.37. The number of carbonyl (C=O) groups is 4. The molecule has 1 N–H and O–H groups in total. The van der Waals surface area contributed by atoms with E-state index in [1.54, 1.807) is 55.5 Å². The largest absolute Gasteiger partial charge is 0.466 e. The molecule has 0 aliphatic heterocycles. The first-order valence-corrected chi connectivity index (χ1v) is 13.1. The Morgan fingerprint density at radius 3 is 1.27 bits per heavy atom. The number of Topliss-reactive ketones (excluding diaryl/α,β-unsaturated/α-hetero) is 2. The third kappa shape index (κ3) is 13.7. The summed E-state index contributed by atoms with van der Waals surface area (Å²) in [5.41, 5.74) is 2.94. The maximum absolute atomic E-state index is 11.8. The molecule has 0 aromatic heterocycles. The fourth-order valence-electron chi connectivity index (χ4n) is 3.30. The molecule has 0 saturated heterocycles. The van der Waals surface area contributed by atoms with E-state index in [1.807, 2.05) is 72.8 Å². The van der Waals surface area contributed by atoms with Crippen LogP contribution in [-0.2, 0) is 32.3 Å². The molecule has 4 rings (SSSR count). The molecule has 0 fully saturated rings. The minimum atomic E-state index is -0.502. The summed E-state index contributed by atoms with van der Waals surface area (Å²) in [6.07, 6.45) is -0.408. The number of ether oxygens (including phenoxy) is 2. The van der Waals surface area contributed by atoms with Gasteiger partial charge in [-0.1, -0.05) is 121 Å². The second-order valence-electron chi connectivity index (χ2n) is 8.53. The lowest BCUT2D eigenvalue weighted by Crippen LogP contribution is -2.11. The Labute approximate surface area is 240 Å². The molecule has 0 radical (unpaired) electrons. The molecule has 0 aliphatic rings. The van der Waals surface area contributed by atoms with E-state index >= 15 is 0 Å². The molecule has 0 heterocycles. The maximum atomic E-state index is 11.8. The maximum Gasteiger partial charge on any atom is 0.314 e. The Hall–Kier alpha value is -4.88. The number of esters is 2. The molecule has 7 heteroatoms. The Morgan fingerprint density at radius 2 is 0.902 bits per heavy atom. The molecule has 0 amide bonds. The van der Waals surface area contributed by atoms with Crippen LogP contribution in [0.3, 0.4) is 0 Å². The highest BCUT2D eigenvalue weighted by atomic mass is 16.5. The molecular weight excluding hydrogens is 520 g/mol. The zero-order chi connectivity index (χ0) is 29.7. The van der Waals surface area contributed by atoms with E-state index in [9.17, 15) is 19.2 Å². The van der Waals surface area contributed by atoms with Gasteiger partial charge in [-0.25, -0.2) is 0 Å². The molecule has 7 nitrogen and oxygen atoms in total. The van der Waals surface area contributed by atoms with Gasteiger partial charge in [0.1, 0.15) is 19.4 Å². The van der Waals surface area contributed by atoms with Crippen molar-refractivity contribution in [3.63, 3.8) is 0 Å². The topological polar surface area (TPSA) is 107 Å². The molecule has 0 unspecified atom stereocenters. The van der Waals surface area contributed by atoms with Crippen molar-refractivity contribution in [2.75, 3.05) is 6.61 Å². The van der Waals surface area contributed by atoms with Gasteiger partial charge in [0.2, 0.25) is 0 Å². The summed E-state index contributed by atoms with van der Waals surface area (Å²) in [4.78, 5) is 45.7. The normalized spacial score (nSPS) is 9.61. The first-order chi connectivity index (χ1) is 19.9. The lowest BCUT2D eigenvalue weighted by molar-refractivity contribution is -0.144. The van der Waals surface area contributed by atoms with Crippen LogP contribution in [0.4, 0.5) is 0 Å². The molecule has 4 aromatic rings. The highest BCUT2D eigenvalue weighted by molar-refractivity contribution is 6.06. The highest BCUT2D eigenvalue weighted by Gasteiger charge is 2.13. The number of aliphatic hydroxyl groups is 1. The fraction of sp³-hybridized carbons (Fsp3) is 0.176. The summed E-state index contributed by atoms with van der Waals surface area (Å²) in [6, 6.07) is 36.3. The van der Waals surface area contributed by atoms with Crippen molar-refractivity contribution in [3.8, 4) is 0 Å². The first-order valence-electron chi connectivity index (χ1n) is 13.1. The van der Waals surface area contributed by atoms with Crippen molar-refractivity contribution >= 4 is 23.5 Å². The van der Waals surface area contributed by atoms with Gasteiger partial charge in [0.05, 0.1) is 13.2 Å². The van der Waals surface area contributed by atoms with Crippen LogP contribution >= 0.6 is 0 Å². The van der Waals surface area contributed by atoms with Crippen LogP contribution in [0.25, 0.3) is 0 Å². The van der Waals surface area contributed by atoms with Crippen molar-refractivity contribution in [2.24, 2.45) is 0 Å². The average molecular weight is 555 g/mol. The molecule has 41 heavy (non-hydrogen) atoms. The monoisotopic (exact) mass is 554 g/mol. The summed E-state index contributed by atoms with van der Waals surface area (Å²) >= 11 is 0. The number of benzene rings is 4. The zero-order valence-corrected chi connectivity index (χ0v) is 23.0. The Bertz CT molecular complexity index is 1320. The van der Waals surface area contributed by atoms with Gasteiger partial charge in [-0.15, -0.1) is 0 Å². The number of rotatable bonds is 10. The summed E-state index contributed by atoms with van der Waals surface area (Å²) in [7, 11) is 0. The summed E-state index contributed by atoms with van der Waals surface area (Å²) < 4.78 is 9.73. The Morgan fingerprint density at radius 1 is 0.537 bits per heavy atom. The smallest absolute Gasteiger partial charge is 0.314 e. The van der Waals surface area contributed by atoms with Crippen molar-refractivity contribution in [1.82, 2.24) is 0 Å². The van der Waals surface area contributed by atoms with E-state index in [0.29, 0.717) is 17.7 Å². The number of carbonyl (C=O) groups excluding carboxylic acids is 4. The molecule has 0 bridgehead atoms. The predicted molar refractivity (Wildman–Crippen MR) is 156 cm³/mol. The second kappa shape index (κ2) is 19.2. The average Bonchev–Trinajstić information content (AvgIpc) is 3.02. The molecular formula is C34H34O7. The summed E-state index contributed by atoms with van der Waals surface area (Å²) in [6.45, 7) is 2.36. The lowest BCUT2D eigenvalue weighted by Gasteiger charge is -2.04. The second-order valence-corrected chi connectivity index (χ2v) is 8.53. The summed E-state index contributed by atoms with van der Waals surface area (Å²) in [5, 5.41) is 8.54. The Kier molecular flexibility index (Phi) is 15.2.